The number of anilines is 1. The number of aromatic nitrogens is 4. The number of amides is 1. The summed E-state index contributed by atoms with van der Waals surface area (Å²) < 4.78 is 69.2. The van der Waals surface area contributed by atoms with Crippen LogP contribution in [0, 0.1) is 29.1 Å². The summed E-state index contributed by atoms with van der Waals surface area (Å²) in [6.45, 7) is 1.89. The van der Waals surface area contributed by atoms with E-state index in [2.05, 4.69) is 20.6 Å². The summed E-state index contributed by atoms with van der Waals surface area (Å²) in [6.07, 6.45) is 0.613. The molecule has 0 aliphatic rings. The summed E-state index contributed by atoms with van der Waals surface area (Å²) in [5, 5.41) is 15.0. The molecule has 0 bridgehead atoms. The molecule has 1 N–H and O–H groups in total. The monoisotopic (exact) mass is 439 g/mol. The number of aryl methyl sites for hydroxylation is 1. The quantitative estimate of drug-likeness (QED) is 0.291. The van der Waals surface area contributed by atoms with Gasteiger partial charge in [-0.1, -0.05) is 30.4 Å². The van der Waals surface area contributed by atoms with Crippen LogP contribution in [-0.2, 0) is 6.42 Å². The first kappa shape index (κ1) is 19.9. The van der Waals surface area contributed by atoms with Gasteiger partial charge in [-0.05, 0) is 12.1 Å². The average Bonchev–Trinajstić information content (AvgIpc) is 3.32. The molecular weight excluding hydrogens is 429 g/mol. The van der Waals surface area contributed by atoms with E-state index in [1.54, 1.807) is 10.6 Å². The summed E-state index contributed by atoms with van der Waals surface area (Å²) >= 11 is 1.23. The van der Waals surface area contributed by atoms with E-state index in [1.807, 2.05) is 6.92 Å². The Morgan fingerprint density at radius 1 is 1.03 bits per heavy atom. The molecule has 0 aliphatic carbocycles. The second-order valence-electron chi connectivity index (χ2n) is 6.05. The van der Waals surface area contributed by atoms with E-state index in [4.69, 9.17) is 0 Å². The van der Waals surface area contributed by atoms with Crippen LogP contribution >= 0.6 is 11.3 Å². The molecule has 0 fully saturated rings. The minimum absolute atomic E-state index is 0.0723. The molecule has 2 aromatic heterocycles. The smallest absolute Gasteiger partial charge is 0.261 e. The number of nitrogens with one attached hydrogen (secondary N) is 1. The van der Waals surface area contributed by atoms with E-state index in [-0.39, 0.29) is 5.69 Å². The molecule has 2 aromatic carbocycles. The number of halogens is 5. The molecule has 6 nitrogen and oxygen atoms in total. The first-order valence-electron chi connectivity index (χ1n) is 8.46. The fourth-order valence-electron chi connectivity index (χ4n) is 2.72. The summed E-state index contributed by atoms with van der Waals surface area (Å²) in [7, 11) is 0. The lowest BCUT2D eigenvalue weighted by Gasteiger charge is -2.09. The Bertz CT molecular complexity index is 1270. The number of carbonyl (C=O) groups is 1. The van der Waals surface area contributed by atoms with Gasteiger partial charge in [-0.15, -0.1) is 10.2 Å². The molecular formula is C18H10F5N5OS. The van der Waals surface area contributed by atoms with Gasteiger partial charge in [0.05, 0.1) is 0 Å². The minimum atomic E-state index is -2.33. The number of benzene rings is 2. The van der Waals surface area contributed by atoms with Gasteiger partial charge in [0.2, 0.25) is 10.8 Å². The topological polar surface area (TPSA) is 72.2 Å². The fourth-order valence-corrected chi connectivity index (χ4v) is 3.58. The minimum Gasteiger partial charge on any atom is -0.322 e. The van der Waals surface area contributed by atoms with Crippen LogP contribution in [0.4, 0.5) is 27.6 Å². The Labute approximate surface area is 169 Å². The van der Waals surface area contributed by atoms with Crippen LogP contribution in [0.3, 0.4) is 0 Å². The maximum absolute atomic E-state index is 13.8. The molecule has 0 unspecified atom stereocenters. The highest BCUT2D eigenvalue weighted by Gasteiger charge is 2.29. The number of carbonyl (C=O) groups excluding carboxylic acids is 1. The van der Waals surface area contributed by atoms with Crippen LogP contribution in [0.5, 0.6) is 0 Å². The van der Waals surface area contributed by atoms with Gasteiger partial charge < -0.3 is 5.32 Å². The third kappa shape index (κ3) is 3.18. The SMILES string of the molecule is CCc1nnc2sc(-c3cccc(NC(=O)c4c(F)c(F)c(F)c(F)c4F)c3)nn12. The number of hydrogen-bond acceptors (Lipinski definition) is 5. The zero-order chi connectivity index (χ0) is 21.6. The molecule has 0 radical (unpaired) electrons. The van der Waals surface area contributed by atoms with E-state index in [0.29, 0.717) is 27.8 Å². The first-order chi connectivity index (χ1) is 14.3. The molecule has 12 heteroatoms. The molecule has 2 heterocycles. The number of rotatable bonds is 4. The maximum Gasteiger partial charge on any atom is 0.261 e. The summed E-state index contributed by atoms with van der Waals surface area (Å²) in [4.78, 5) is 12.8. The predicted octanol–water partition coefficient (Wildman–Crippen LogP) is 4.36. The molecule has 0 aliphatic heterocycles. The molecule has 0 saturated heterocycles. The van der Waals surface area contributed by atoms with Crippen LogP contribution in [0.2, 0.25) is 0 Å². The van der Waals surface area contributed by atoms with Gasteiger partial charge in [0.1, 0.15) is 10.6 Å². The van der Waals surface area contributed by atoms with Crippen LogP contribution in [0.15, 0.2) is 24.3 Å². The Kier molecular flexibility index (Phi) is 4.94. The third-order valence-corrected chi connectivity index (χ3v) is 5.12. The van der Waals surface area contributed by atoms with E-state index in [9.17, 15) is 26.7 Å². The first-order valence-corrected chi connectivity index (χ1v) is 9.27. The van der Waals surface area contributed by atoms with Crippen molar-refractivity contribution < 1.29 is 26.7 Å². The number of nitrogens with zero attached hydrogens (tertiary/aromatic N) is 4. The molecule has 0 atom stereocenters. The molecule has 1 amide bonds. The maximum atomic E-state index is 13.8. The van der Waals surface area contributed by atoms with Crippen molar-refractivity contribution in [1.82, 2.24) is 19.8 Å². The molecule has 4 aromatic rings. The zero-order valence-corrected chi connectivity index (χ0v) is 15.8. The zero-order valence-electron chi connectivity index (χ0n) is 15.0. The van der Waals surface area contributed by atoms with Crippen LogP contribution in [0.25, 0.3) is 15.5 Å². The molecule has 154 valence electrons. The van der Waals surface area contributed by atoms with Gasteiger partial charge in [-0.2, -0.15) is 9.61 Å². The van der Waals surface area contributed by atoms with E-state index in [1.165, 1.54) is 29.5 Å². The van der Waals surface area contributed by atoms with E-state index >= 15 is 0 Å². The molecule has 0 spiro atoms. The highest BCUT2D eigenvalue weighted by atomic mass is 32.1. The van der Waals surface area contributed by atoms with Crippen molar-refractivity contribution in [3.8, 4) is 10.6 Å². The Morgan fingerprint density at radius 3 is 2.37 bits per heavy atom. The van der Waals surface area contributed by atoms with Crippen LogP contribution in [-0.4, -0.2) is 25.7 Å². The fraction of sp³-hybridized carbons (Fsp3) is 0.111. The lowest BCUT2D eigenvalue weighted by molar-refractivity contribution is 0.101. The normalized spacial score (nSPS) is 11.3. The average molecular weight is 439 g/mol. The standard InChI is InChI=1S/C18H10F5N5OS/c1-2-9-25-26-18-28(9)27-17(30-18)7-4-3-5-8(6-7)24-16(29)10-11(19)13(21)15(23)14(22)12(10)20/h3-6H,2H2,1H3,(H,24,29). The third-order valence-electron chi connectivity index (χ3n) is 4.18. The number of hydrogen-bond donors (Lipinski definition) is 1. The largest absolute Gasteiger partial charge is 0.322 e. The van der Waals surface area contributed by atoms with Crippen molar-refractivity contribution in [1.29, 1.82) is 0 Å². The van der Waals surface area contributed by atoms with Crippen molar-refractivity contribution in [3.05, 3.63) is 64.7 Å². The van der Waals surface area contributed by atoms with Crippen molar-refractivity contribution in [2.24, 2.45) is 0 Å². The molecule has 4 rings (SSSR count). The summed E-state index contributed by atoms with van der Waals surface area (Å²) in [5.74, 6) is -12.0. The van der Waals surface area contributed by atoms with E-state index < -0.39 is 40.6 Å². The second kappa shape index (κ2) is 7.44. The van der Waals surface area contributed by atoms with E-state index in [0.717, 1.165) is 0 Å². The molecule has 30 heavy (non-hydrogen) atoms. The lowest BCUT2D eigenvalue weighted by Crippen LogP contribution is -2.19. The summed E-state index contributed by atoms with van der Waals surface area (Å²) in [6, 6.07) is 6.05. The van der Waals surface area contributed by atoms with Gasteiger partial charge in [-0.3, -0.25) is 4.79 Å². The van der Waals surface area contributed by atoms with Crippen molar-refractivity contribution in [3.63, 3.8) is 0 Å². The van der Waals surface area contributed by atoms with Crippen molar-refractivity contribution in [2.45, 2.75) is 13.3 Å². The Hall–Kier alpha value is -3.41. The molecule has 0 saturated carbocycles. The second-order valence-corrected chi connectivity index (χ2v) is 7.01. The van der Waals surface area contributed by atoms with Crippen LogP contribution in [0.1, 0.15) is 23.1 Å². The highest BCUT2D eigenvalue weighted by molar-refractivity contribution is 7.19. The van der Waals surface area contributed by atoms with Gasteiger partial charge in [-0.25, -0.2) is 22.0 Å². The van der Waals surface area contributed by atoms with Gasteiger partial charge in [0.15, 0.2) is 29.1 Å². The Balaban J connectivity index is 1.67. The van der Waals surface area contributed by atoms with Gasteiger partial charge >= 0.3 is 0 Å². The van der Waals surface area contributed by atoms with Gasteiger partial charge in [0, 0.05) is 17.7 Å². The Morgan fingerprint density at radius 2 is 1.70 bits per heavy atom. The lowest BCUT2D eigenvalue weighted by atomic mass is 10.1. The predicted molar refractivity (Wildman–Crippen MR) is 97.7 cm³/mol. The number of fused-ring (bicyclic) bond motifs is 1. The van der Waals surface area contributed by atoms with Crippen molar-refractivity contribution in [2.75, 3.05) is 5.32 Å². The van der Waals surface area contributed by atoms with Crippen LogP contribution < -0.4 is 5.32 Å². The summed E-state index contributed by atoms with van der Waals surface area (Å²) in [5.41, 5.74) is -0.950. The highest BCUT2D eigenvalue weighted by Crippen LogP contribution is 2.28. The van der Waals surface area contributed by atoms with Crippen molar-refractivity contribution >= 4 is 27.9 Å². The van der Waals surface area contributed by atoms with Gasteiger partial charge in [0.25, 0.3) is 5.91 Å².